The molecule has 28 heavy (non-hydrogen) atoms. The second-order valence-electron chi connectivity index (χ2n) is 6.18. The number of carbonyl (C=O) groups excluding carboxylic acids is 1. The first-order valence-corrected chi connectivity index (χ1v) is 9.12. The summed E-state index contributed by atoms with van der Waals surface area (Å²) in [4.78, 5) is 28.2. The molecule has 0 bridgehead atoms. The predicted molar refractivity (Wildman–Crippen MR) is 107 cm³/mol. The number of pyridine rings is 1. The Hall–Kier alpha value is -3.54. The van der Waals surface area contributed by atoms with Crippen molar-refractivity contribution in [2.24, 2.45) is 0 Å². The van der Waals surface area contributed by atoms with Gasteiger partial charge in [-0.15, -0.1) is 0 Å². The molecular formula is C22H19NO5. The first-order chi connectivity index (χ1) is 13.6. The van der Waals surface area contributed by atoms with Crippen LogP contribution in [0.5, 0.6) is 5.75 Å². The zero-order valence-corrected chi connectivity index (χ0v) is 15.6. The number of hydrogen-bond acceptors (Lipinski definition) is 5. The molecule has 0 aliphatic rings. The normalized spacial score (nSPS) is 11.1. The van der Waals surface area contributed by atoms with Gasteiger partial charge in [0.25, 0.3) is 5.56 Å². The zero-order chi connectivity index (χ0) is 19.7. The van der Waals surface area contributed by atoms with Gasteiger partial charge in [-0.25, -0.2) is 4.79 Å². The maximum atomic E-state index is 12.8. The van der Waals surface area contributed by atoms with E-state index in [9.17, 15) is 9.59 Å². The highest BCUT2D eigenvalue weighted by atomic mass is 16.5. The first-order valence-electron chi connectivity index (χ1n) is 9.12. The molecule has 0 saturated carbocycles. The standard InChI is InChI=1S/C22H19NO5/c1-3-26-14-11-9-13(10-12-14)17-18(22(25)27-4-2)21(24)23-19-15-7-5-6-8-16(15)28-20(17)19/h5-12H,3-4H2,1-2H3,(H,23,24). The number of benzene rings is 2. The number of aromatic amines is 1. The largest absolute Gasteiger partial charge is 0.494 e. The number of H-pyrrole nitrogens is 1. The van der Waals surface area contributed by atoms with Crippen LogP contribution >= 0.6 is 0 Å². The molecule has 0 radical (unpaired) electrons. The van der Waals surface area contributed by atoms with E-state index in [1.54, 1.807) is 31.2 Å². The average molecular weight is 377 g/mol. The SMILES string of the molecule is CCOC(=O)c1c(-c2ccc(OCC)cc2)c2oc3ccccc3c2[nH]c1=O. The Morgan fingerprint density at radius 3 is 2.50 bits per heavy atom. The fourth-order valence-corrected chi connectivity index (χ4v) is 3.31. The molecule has 6 nitrogen and oxygen atoms in total. The van der Waals surface area contributed by atoms with Gasteiger partial charge in [0, 0.05) is 10.9 Å². The first kappa shape index (κ1) is 17.9. The van der Waals surface area contributed by atoms with Crippen molar-refractivity contribution in [2.75, 3.05) is 13.2 Å². The van der Waals surface area contributed by atoms with E-state index in [-0.39, 0.29) is 12.2 Å². The van der Waals surface area contributed by atoms with E-state index in [0.29, 0.717) is 40.2 Å². The molecule has 0 spiro atoms. The molecule has 2 aromatic heterocycles. The summed E-state index contributed by atoms with van der Waals surface area (Å²) >= 11 is 0. The molecule has 4 rings (SSSR count). The Morgan fingerprint density at radius 2 is 1.79 bits per heavy atom. The second kappa shape index (κ2) is 7.23. The van der Waals surface area contributed by atoms with Gasteiger partial charge in [0.2, 0.25) is 0 Å². The van der Waals surface area contributed by atoms with E-state index in [0.717, 1.165) is 5.39 Å². The Bertz CT molecular complexity index is 1220. The van der Waals surface area contributed by atoms with E-state index in [4.69, 9.17) is 13.9 Å². The van der Waals surface area contributed by atoms with E-state index < -0.39 is 11.5 Å². The summed E-state index contributed by atoms with van der Waals surface area (Å²) in [6.07, 6.45) is 0. The third-order valence-electron chi connectivity index (χ3n) is 4.47. The van der Waals surface area contributed by atoms with Crippen LogP contribution in [0.3, 0.4) is 0 Å². The molecule has 0 amide bonds. The van der Waals surface area contributed by atoms with Crippen molar-refractivity contribution in [1.82, 2.24) is 4.98 Å². The minimum absolute atomic E-state index is 0.0717. The highest BCUT2D eigenvalue weighted by molar-refractivity contribution is 6.12. The number of aromatic nitrogens is 1. The van der Waals surface area contributed by atoms with Gasteiger partial charge in [0.1, 0.15) is 16.9 Å². The zero-order valence-electron chi connectivity index (χ0n) is 15.6. The van der Waals surface area contributed by atoms with Crippen molar-refractivity contribution < 1.29 is 18.7 Å². The number of esters is 1. The van der Waals surface area contributed by atoms with Crippen molar-refractivity contribution >= 4 is 28.0 Å². The summed E-state index contributed by atoms with van der Waals surface area (Å²) in [6, 6.07) is 14.6. The number of ether oxygens (including phenoxy) is 2. The van der Waals surface area contributed by atoms with E-state index >= 15 is 0 Å². The minimum Gasteiger partial charge on any atom is -0.494 e. The summed E-state index contributed by atoms with van der Waals surface area (Å²) in [5.41, 5.74) is 2.11. The molecular weight excluding hydrogens is 358 g/mol. The highest BCUT2D eigenvalue weighted by Gasteiger charge is 2.25. The van der Waals surface area contributed by atoms with Crippen molar-refractivity contribution in [3.05, 3.63) is 64.4 Å². The van der Waals surface area contributed by atoms with Gasteiger partial charge in [0.15, 0.2) is 5.58 Å². The van der Waals surface area contributed by atoms with Gasteiger partial charge in [-0.05, 0) is 43.7 Å². The molecule has 6 heteroatoms. The second-order valence-corrected chi connectivity index (χ2v) is 6.18. The van der Waals surface area contributed by atoms with Crippen LogP contribution in [0.4, 0.5) is 0 Å². The number of hydrogen-bond donors (Lipinski definition) is 1. The van der Waals surface area contributed by atoms with Crippen LogP contribution in [0.15, 0.2) is 57.7 Å². The number of para-hydroxylation sites is 1. The fraction of sp³-hybridized carbons (Fsp3) is 0.182. The molecule has 2 heterocycles. The smallest absolute Gasteiger partial charge is 0.344 e. The van der Waals surface area contributed by atoms with Gasteiger partial charge in [-0.1, -0.05) is 24.3 Å². The minimum atomic E-state index is -0.685. The molecule has 0 aliphatic heterocycles. The summed E-state index contributed by atoms with van der Waals surface area (Å²) in [5, 5.41) is 0.775. The van der Waals surface area contributed by atoms with Gasteiger partial charge in [0.05, 0.1) is 18.7 Å². The van der Waals surface area contributed by atoms with Crippen molar-refractivity contribution in [2.45, 2.75) is 13.8 Å². The number of nitrogens with one attached hydrogen (secondary N) is 1. The van der Waals surface area contributed by atoms with Crippen LogP contribution in [0.25, 0.3) is 33.2 Å². The Morgan fingerprint density at radius 1 is 1.04 bits per heavy atom. The van der Waals surface area contributed by atoms with Gasteiger partial charge in [-0.2, -0.15) is 0 Å². The molecule has 142 valence electrons. The molecule has 0 aliphatic carbocycles. The Kier molecular flexibility index (Phi) is 4.61. The van der Waals surface area contributed by atoms with Crippen LogP contribution in [0, 0.1) is 0 Å². The number of rotatable bonds is 5. The highest BCUT2D eigenvalue weighted by Crippen LogP contribution is 2.36. The van der Waals surface area contributed by atoms with Crippen molar-refractivity contribution in [3.63, 3.8) is 0 Å². The van der Waals surface area contributed by atoms with Crippen LogP contribution in [-0.2, 0) is 4.74 Å². The van der Waals surface area contributed by atoms with E-state index in [1.165, 1.54) is 0 Å². The van der Waals surface area contributed by atoms with Crippen LogP contribution in [-0.4, -0.2) is 24.2 Å². The van der Waals surface area contributed by atoms with Crippen LogP contribution in [0.1, 0.15) is 24.2 Å². The lowest BCUT2D eigenvalue weighted by molar-refractivity contribution is 0.0525. The maximum Gasteiger partial charge on any atom is 0.344 e. The van der Waals surface area contributed by atoms with Crippen LogP contribution < -0.4 is 10.3 Å². The molecule has 0 atom stereocenters. The lowest BCUT2D eigenvalue weighted by Gasteiger charge is -2.10. The summed E-state index contributed by atoms with van der Waals surface area (Å²) in [7, 11) is 0. The number of carbonyl (C=O) groups is 1. The fourth-order valence-electron chi connectivity index (χ4n) is 3.31. The average Bonchev–Trinajstić information content (AvgIpc) is 3.06. The topological polar surface area (TPSA) is 81.5 Å². The molecule has 0 fully saturated rings. The third kappa shape index (κ3) is 2.93. The van der Waals surface area contributed by atoms with Crippen LogP contribution in [0.2, 0.25) is 0 Å². The molecule has 0 unspecified atom stereocenters. The quantitative estimate of drug-likeness (QED) is 0.517. The third-order valence-corrected chi connectivity index (χ3v) is 4.47. The van der Waals surface area contributed by atoms with Gasteiger partial charge in [-0.3, -0.25) is 4.79 Å². The van der Waals surface area contributed by atoms with E-state index in [1.807, 2.05) is 31.2 Å². The van der Waals surface area contributed by atoms with Gasteiger partial charge < -0.3 is 18.9 Å². The lowest BCUT2D eigenvalue weighted by Crippen LogP contribution is -2.21. The summed E-state index contributed by atoms with van der Waals surface area (Å²) in [6.45, 7) is 4.31. The molecule has 2 aromatic carbocycles. The summed E-state index contributed by atoms with van der Waals surface area (Å²) < 4.78 is 16.7. The summed E-state index contributed by atoms with van der Waals surface area (Å²) in [5.74, 6) is 0.0182. The van der Waals surface area contributed by atoms with E-state index in [2.05, 4.69) is 4.98 Å². The number of fused-ring (bicyclic) bond motifs is 3. The number of furan rings is 1. The molecule has 1 N–H and O–H groups in total. The monoisotopic (exact) mass is 377 g/mol. The Balaban J connectivity index is 2.05. The lowest BCUT2D eigenvalue weighted by atomic mass is 9.99. The molecule has 0 saturated heterocycles. The predicted octanol–water partition coefficient (Wildman–Crippen LogP) is 4.52. The van der Waals surface area contributed by atoms with Gasteiger partial charge >= 0.3 is 5.97 Å². The van der Waals surface area contributed by atoms with Crippen molar-refractivity contribution in [3.8, 4) is 16.9 Å². The molecule has 4 aromatic rings. The maximum absolute atomic E-state index is 12.8. The van der Waals surface area contributed by atoms with Crippen molar-refractivity contribution in [1.29, 1.82) is 0 Å². The Labute approximate surface area is 160 Å².